The molecule has 0 aromatic rings. The van der Waals surface area contributed by atoms with Gasteiger partial charge in [-0.25, -0.2) is 0 Å². The lowest BCUT2D eigenvalue weighted by Crippen LogP contribution is -2.38. The molecule has 17 heavy (non-hydrogen) atoms. The highest BCUT2D eigenvalue weighted by Crippen LogP contribution is 2.18. The molecule has 1 aliphatic heterocycles. The fourth-order valence-corrected chi connectivity index (χ4v) is 2.25. The van der Waals surface area contributed by atoms with Crippen LogP contribution in [0.2, 0.25) is 0 Å². The Morgan fingerprint density at radius 3 is 2.76 bits per heavy atom. The average Bonchev–Trinajstić information content (AvgIpc) is 2.81. The summed E-state index contributed by atoms with van der Waals surface area (Å²) in [7, 11) is 0. The van der Waals surface area contributed by atoms with Crippen LogP contribution in [-0.2, 0) is 9.47 Å². The molecule has 1 heterocycles. The molecule has 1 saturated heterocycles. The van der Waals surface area contributed by atoms with E-state index in [4.69, 9.17) is 9.47 Å². The summed E-state index contributed by atoms with van der Waals surface area (Å²) in [6.45, 7) is 11.3. The van der Waals surface area contributed by atoms with Crippen LogP contribution in [0.25, 0.3) is 0 Å². The Labute approximate surface area is 106 Å². The zero-order valence-corrected chi connectivity index (χ0v) is 11.7. The van der Waals surface area contributed by atoms with E-state index in [1.807, 2.05) is 0 Å². The van der Waals surface area contributed by atoms with Crippen LogP contribution >= 0.6 is 0 Å². The van der Waals surface area contributed by atoms with Gasteiger partial charge in [-0.15, -0.1) is 0 Å². The molecule has 0 aliphatic carbocycles. The minimum absolute atomic E-state index is 0.603. The Hall–Kier alpha value is -0.120. The van der Waals surface area contributed by atoms with Crippen molar-refractivity contribution in [2.75, 3.05) is 33.0 Å². The summed E-state index contributed by atoms with van der Waals surface area (Å²) in [6.07, 6.45) is 3.55. The molecule has 0 saturated carbocycles. The highest BCUT2D eigenvalue weighted by molar-refractivity contribution is 4.78. The number of ether oxygens (including phenoxy) is 2. The molecule has 1 aliphatic rings. The van der Waals surface area contributed by atoms with Gasteiger partial charge < -0.3 is 14.8 Å². The predicted octanol–water partition coefficient (Wildman–Crippen LogP) is 2.45. The maximum absolute atomic E-state index is 5.61. The second kappa shape index (κ2) is 8.90. The first-order chi connectivity index (χ1) is 8.24. The first-order valence-electron chi connectivity index (χ1n) is 7.13. The van der Waals surface area contributed by atoms with Crippen LogP contribution in [0, 0.1) is 11.8 Å². The first kappa shape index (κ1) is 14.9. The first-order valence-corrected chi connectivity index (χ1v) is 7.13. The van der Waals surface area contributed by atoms with Crippen molar-refractivity contribution in [1.82, 2.24) is 5.32 Å². The van der Waals surface area contributed by atoms with Crippen molar-refractivity contribution in [2.45, 2.75) is 46.1 Å². The van der Waals surface area contributed by atoms with Crippen molar-refractivity contribution in [1.29, 1.82) is 0 Å². The van der Waals surface area contributed by atoms with Crippen molar-refractivity contribution in [3.8, 4) is 0 Å². The summed E-state index contributed by atoms with van der Waals surface area (Å²) in [5.74, 6) is 1.44. The van der Waals surface area contributed by atoms with Gasteiger partial charge >= 0.3 is 0 Å². The minimum Gasteiger partial charge on any atom is -0.381 e. The molecule has 0 aromatic heterocycles. The quantitative estimate of drug-likeness (QED) is 0.631. The Bertz CT molecular complexity index is 179. The van der Waals surface area contributed by atoms with Crippen LogP contribution in [0.4, 0.5) is 0 Å². The topological polar surface area (TPSA) is 30.5 Å². The van der Waals surface area contributed by atoms with Crippen molar-refractivity contribution >= 4 is 0 Å². The fraction of sp³-hybridized carbons (Fsp3) is 1.00. The largest absolute Gasteiger partial charge is 0.381 e. The molecular formula is C14H29NO2. The molecule has 0 spiro atoms. The van der Waals surface area contributed by atoms with Crippen molar-refractivity contribution in [2.24, 2.45) is 11.8 Å². The molecule has 0 bridgehead atoms. The van der Waals surface area contributed by atoms with E-state index in [1.54, 1.807) is 0 Å². The summed E-state index contributed by atoms with van der Waals surface area (Å²) in [5, 5.41) is 3.59. The van der Waals surface area contributed by atoms with E-state index >= 15 is 0 Å². The molecule has 1 N–H and O–H groups in total. The van der Waals surface area contributed by atoms with E-state index in [0.29, 0.717) is 12.0 Å². The van der Waals surface area contributed by atoms with Crippen LogP contribution in [0.5, 0.6) is 0 Å². The van der Waals surface area contributed by atoms with Crippen LogP contribution in [0.1, 0.15) is 40.0 Å². The Balaban J connectivity index is 1.99. The average molecular weight is 243 g/mol. The van der Waals surface area contributed by atoms with E-state index < -0.39 is 0 Å². The SMILES string of the molecule is CCC(NCCOCCC(C)C)C1CCOC1. The number of nitrogens with one attached hydrogen (secondary N) is 1. The van der Waals surface area contributed by atoms with E-state index in [-0.39, 0.29) is 0 Å². The summed E-state index contributed by atoms with van der Waals surface area (Å²) in [5.41, 5.74) is 0. The van der Waals surface area contributed by atoms with Crippen molar-refractivity contribution in [3.63, 3.8) is 0 Å². The number of hydrogen-bond donors (Lipinski definition) is 1. The van der Waals surface area contributed by atoms with Gasteiger partial charge in [-0.1, -0.05) is 20.8 Å². The minimum atomic E-state index is 0.603. The summed E-state index contributed by atoms with van der Waals surface area (Å²) in [4.78, 5) is 0. The van der Waals surface area contributed by atoms with E-state index in [1.165, 1.54) is 12.8 Å². The second-order valence-corrected chi connectivity index (χ2v) is 5.39. The molecule has 102 valence electrons. The highest BCUT2D eigenvalue weighted by atomic mass is 16.5. The van der Waals surface area contributed by atoms with Gasteiger partial charge in [0, 0.05) is 25.8 Å². The van der Waals surface area contributed by atoms with Gasteiger partial charge in [0.1, 0.15) is 0 Å². The third-order valence-corrected chi connectivity index (χ3v) is 3.47. The third-order valence-electron chi connectivity index (χ3n) is 3.47. The molecule has 2 unspecified atom stereocenters. The molecule has 3 heteroatoms. The third kappa shape index (κ3) is 6.39. The lowest BCUT2D eigenvalue weighted by Gasteiger charge is -2.22. The Morgan fingerprint density at radius 1 is 1.35 bits per heavy atom. The van der Waals surface area contributed by atoms with Gasteiger partial charge in [-0.2, -0.15) is 0 Å². The Morgan fingerprint density at radius 2 is 2.18 bits per heavy atom. The molecular weight excluding hydrogens is 214 g/mol. The van der Waals surface area contributed by atoms with Gasteiger partial charge in [-0.3, -0.25) is 0 Å². The van der Waals surface area contributed by atoms with Crippen LogP contribution < -0.4 is 5.32 Å². The van der Waals surface area contributed by atoms with Gasteiger partial charge in [0.05, 0.1) is 13.2 Å². The smallest absolute Gasteiger partial charge is 0.0591 e. The molecule has 2 atom stereocenters. The molecule has 0 aromatic carbocycles. The summed E-state index contributed by atoms with van der Waals surface area (Å²) in [6, 6.07) is 0.603. The normalized spacial score (nSPS) is 22.2. The number of rotatable bonds is 9. The van der Waals surface area contributed by atoms with E-state index in [2.05, 4.69) is 26.1 Å². The van der Waals surface area contributed by atoms with Crippen LogP contribution in [-0.4, -0.2) is 39.0 Å². The molecule has 0 amide bonds. The van der Waals surface area contributed by atoms with Gasteiger partial charge in [0.25, 0.3) is 0 Å². The van der Waals surface area contributed by atoms with Crippen molar-refractivity contribution < 1.29 is 9.47 Å². The van der Waals surface area contributed by atoms with Crippen LogP contribution in [0.15, 0.2) is 0 Å². The van der Waals surface area contributed by atoms with E-state index in [9.17, 15) is 0 Å². The lowest BCUT2D eigenvalue weighted by atomic mass is 9.97. The zero-order chi connectivity index (χ0) is 12.5. The zero-order valence-electron chi connectivity index (χ0n) is 11.7. The lowest BCUT2D eigenvalue weighted by molar-refractivity contribution is 0.119. The fourth-order valence-electron chi connectivity index (χ4n) is 2.25. The highest BCUT2D eigenvalue weighted by Gasteiger charge is 2.23. The van der Waals surface area contributed by atoms with Crippen molar-refractivity contribution in [3.05, 3.63) is 0 Å². The second-order valence-electron chi connectivity index (χ2n) is 5.39. The number of hydrogen-bond acceptors (Lipinski definition) is 3. The monoisotopic (exact) mass is 243 g/mol. The summed E-state index contributed by atoms with van der Waals surface area (Å²) >= 11 is 0. The van der Waals surface area contributed by atoms with Crippen LogP contribution in [0.3, 0.4) is 0 Å². The predicted molar refractivity (Wildman–Crippen MR) is 71.3 cm³/mol. The summed E-state index contributed by atoms with van der Waals surface area (Å²) < 4.78 is 11.0. The molecule has 3 nitrogen and oxygen atoms in total. The standard InChI is InChI=1S/C14H29NO2/c1-4-14(13-6-9-17-11-13)15-7-10-16-8-5-12(2)3/h12-15H,4-11H2,1-3H3. The molecule has 0 radical (unpaired) electrons. The van der Waals surface area contributed by atoms with Gasteiger partial charge in [-0.05, 0) is 31.1 Å². The Kier molecular flexibility index (Phi) is 7.82. The van der Waals surface area contributed by atoms with Gasteiger partial charge in [0.2, 0.25) is 0 Å². The van der Waals surface area contributed by atoms with Gasteiger partial charge in [0.15, 0.2) is 0 Å². The molecule has 1 fully saturated rings. The molecule has 1 rings (SSSR count). The maximum atomic E-state index is 5.61. The maximum Gasteiger partial charge on any atom is 0.0591 e. The van der Waals surface area contributed by atoms with E-state index in [0.717, 1.165) is 45.3 Å².